The Morgan fingerprint density at radius 3 is 2.60 bits per heavy atom. The number of nitrogens with zero attached hydrogens (tertiary/aromatic N) is 2. The van der Waals surface area contributed by atoms with Gasteiger partial charge in [-0.15, -0.1) is 0 Å². The maximum atomic E-state index is 12.4. The summed E-state index contributed by atoms with van der Waals surface area (Å²) >= 11 is 0. The number of rotatable bonds is 4. The van der Waals surface area contributed by atoms with Crippen LogP contribution in [0.1, 0.15) is 40.0 Å². The molecule has 0 aromatic rings. The molecule has 6 nitrogen and oxygen atoms in total. The molecule has 20 heavy (non-hydrogen) atoms. The molecule has 0 spiro atoms. The minimum Gasteiger partial charge on any atom is -0.481 e. The summed E-state index contributed by atoms with van der Waals surface area (Å²) in [6.07, 6.45) is 1.45. The van der Waals surface area contributed by atoms with E-state index < -0.39 is 17.9 Å². The number of carbonyl (C=O) groups excluding carboxylic acids is 2. The molecule has 1 N–H and O–H groups in total. The highest BCUT2D eigenvalue weighted by molar-refractivity contribution is 6.05. The Balaban J connectivity index is 2.14. The first-order chi connectivity index (χ1) is 9.38. The normalized spacial score (nSPS) is 33.0. The zero-order valence-electron chi connectivity index (χ0n) is 12.2. The smallest absolute Gasteiger partial charge is 0.308 e. The lowest BCUT2D eigenvalue weighted by Crippen LogP contribution is -2.47. The molecule has 2 saturated heterocycles. The van der Waals surface area contributed by atoms with Gasteiger partial charge in [0.05, 0.1) is 18.4 Å². The Morgan fingerprint density at radius 1 is 1.45 bits per heavy atom. The van der Waals surface area contributed by atoms with Crippen LogP contribution < -0.4 is 0 Å². The van der Waals surface area contributed by atoms with Crippen LogP contribution in [0.25, 0.3) is 0 Å². The lowest BCUT2D eigenvalue weighted by Gasteiger charge is -2.28. The molecule has 0 aliphatic carbocycles. The summed E-state index contributed by atoms with van der Waals surface area (Å²) in [6.45, 7) is 6.20. The van der Waals surface area contributed by atoms with Crippen molar-refractivity contribution in [3.8, 4) is 0 Å². The van der Waals surface area contributed by atoms with Crippen LogP contribution in [0.5, 0.6) is 0 Å². The van der Waals surface area contributed by atoms with Gasteiger partial charge in [-0.1, -0.05) is 6.92 Å². The average Bonchev–Trinajstić information content (AvgIpc) is 2.89. The standard InChI is InChI=1S/C14H22N2O4/c1-4-8(2)16-12(17)7-11(13(16)18)15-6-5-10(9(15)3)14(19)20/h8-11H,4-7H2,1-3H3,(H,19,20). The zero-order valence-corrected chi connectivity index (χ0v) is 12.2. The van der Waals surface area contributed by atoms with E-state index >= 15 is 0 Å². The Kier molecular flexibility index (Phi) is 4.13. The van der Waals surface area contributed by atoms with Gasteiger partial charge in [0.25, 0.3) is 0 Å². The van der Waals surface area contributed by atoms with Crippen molar-refractivity contribution in [1.29, 1.82) is 0 Å². The van der Waals surface area contributed by atoms with E-state index in [4.69, 9.17) is 5.11 Å². The highest BCUT2D eigenvalue weighted by Gasteiger charge is 2.48. The van der Waals surface area contributed by atoms with Crippen molar-refractivity contribution < 1.29 is 19.5 Å². The molecule has 2 aliphatic heterocycles. The minimum absolute atomic E-state index is 0.0896. The Morgan fingerprint density at radius 2 is 2.10 bits per heavy atom. The third kappa shape index (κ3) is 2.32. The van der Waals surface area contributed by atoms with Crippen molar-refractivity contribution in [3.05, 3.63) is 0 Å². The van der Waals surface area contributed by atoms with Crippen LogP contribution in [-0.4, -0.2) is 57.4 Å². The van der Waals surface area contributed by atoms with E-state index in [0.717, 1.165) is 6.42 Å². The van der Waals surface area contributed by atoms with Crippen molar-refractivity contribution in [1.82, 2.24) is 9.80 Å². The predicted octanol–water partition coefficient (Wildman–Crippen LogP) is 0.707. The number of carbonyl (C=O) groups is 3. The van der Waals surface area contributed by atoms with Gasteiger partial charge in [-0.3, -0.25) is 24.2 Å². The number of imide groups is 1. The highest BCUT2D eigenvalue weighted by atomic mass is 16.4. The molecule has 2 amide bonds. The molecular weight excluding hydrogens is 260 g/mol. The van der Waals surface area contributed by atoms with Crippen LogP contribution in [0.15, 0.2) is 0 Å². The third-order valence-electron chi connectivity index (χ3n) is 4.71. The molecule has 2 aliphatic rings. The van der Waals surface area contributed by atoms with Crippen LogP contribution in [0.2, 0.25) is 0 Å². The summed E-state index contributed by atoms with van der Waals surface area (Å²) in [5.74, 6) is -1.58. The second kappa shape index (κ2) is 5.52. The predicted molar refractivity (Wildman–Crippen MR) is 71.9 cm³/mol. The molecule has 2 rings (SSSR count). The second-order valence-corrected chi connectivity index (χ2v) is 5.79. The van der Waals surface area contributed by atoms with Crippen molar-refractivity contribution in [3.63, 3.8) is 0 Å². The second-order valence-electron chi connectivity index (χ2n) is 5.79. The number of carboxylic acids is 1. The third-order valence-corrected chi connectivity index (χ3v) is 4.71. The fourth-order valence-electron chi connectivity index (χ4n) is 3.27. The average molecular weight is 282 g/mol. The van der Waals surface area contributed by atoms with E-state index in [-0.39, 0.29) is 30.3 Å². The van der Waals surface area contributed by atoms with Crippen LogP contribution in [0, 0.1) is 5.92 Å². The summed E-state index contributed by atoms with van der Waals surface area (Å²) < 4.78 is 0. The van der Waals surface area contributed by atoms with Crippen molar-refractivity contribution in [2.75, 3.05) is 6.54 Å². The molecule has 0 aromatic carbocycles. The molecule has 6 heteroatoms. The summed E-state index contributed by atoms with van der Waals surface area (Å²) in [5, 5.41) is 9.15. The molecule has 2 heterocycles. The van der Waals surface area contributed by atoms with Gasteiger partial charge in [-0.2, -0.15) is 0 Å². The lowest BCUT2D eigenvalue weighted by molar-refractivity contribution is -0.145. The van der Waals surface area contributed by atoms with E-state index in [1.54, 1.807) is 0 Å². The first-order valence-corrected chi connectivity index (χ1v) is 7.22. The molecule has 0 aromatic heterocycles. The molecule has 0 bridgehead atoms. The topological polar surface area (TPSA) is 77.9 Å². The van der Waals surface area contributed by atoms with Crippen molar-refractivity contribution in [2.45, 2.75) is 58.2 Å². The number of amides is 2. The van der Waals surface area contributed by atoms with Gasteiger partial charge in [0, 0.05) is 18.6 Å². The summed E-state index contributed by atoms with van der Waals surface area (Å²) in [5.41, 5.74) is 0. The number of hydrogen-bond acceptors (Lipinski definition) is 4. The van der Waals surface area contributed by atoms with E-state index in [1.165, 1.54) is 4.90 Å². The molecule has 2 fully saturated rings. The fraction of sp³-hybridized carbons (Fsp3) is 0.786. The summed E-state index contributed by atoms with van der Waals surface area (Å²) in [4.78, 5) is 38.9. The Labute approximate surface area is 118 Å². The van der Waals surface area contributed by atoms with E-state index in [1.807, 2.05) is 25.7 Å². The molecule has 4 unspecified atom stereocenters. The highest BCUT2D eigenvalue weighted by Crippen LogP contribution is 2.31. The van der Waals surface area contributed by atoms with Gasteiger partial charge in [-0.25, -0.2) is 0 Å². The molecule has 4 atom stereocenters. The van der Waals surface area contributed by atoms with Gasteiger partial charge in [0.15, 0.2) is 0 Å². The number of hydrogen-bond donors (Lipinski definition) is 1. The van der Waals surface area contributed by atoms with Crippen molar-refractivity contribution in [2.24, 2.45) is 5.92 Å². The first kappa shape index (κ1) is 15.0. The van der Waals surface area contributed by atoms with Gasteiger partial charge < -0.3 is 5.11 Å². The van der Waals surface area contributed by atoms with Gasteiger partial charge in [0.2, 0.25) is 11.8 Å². The number of likely N-dealkylation sites (tertiary alicyclic amines) is 2. The molecule has 112 valence electrons. The largest absolute Gasteiger partial charge is 0.481 e. The van der Waals surface area contributed by atoms with E-state index in [9.17, 15) is 14.4 Å². The van der Waals surface area contributed by atoms with Crippen LogP contribution in [0.3, 0.4) is 0 Å². The quantitative estimate of drug-likeness (QED) is 0.768. The number of aliphatic carboxylic acids is 1. The molecule has 0 radical (unpaired) electrons. The number of carboxylic acid groups (broad SMARTS) is 1. The van der Waals surface area contributed by atoms with Crippen LogP contribution in [0.4, 0.5) is 0 Å². The SMILES string of the molecule is CCC(C)N1C(=O)CC(N2CCC(C(=O)O)C2C)C1=O. The minimum atomic E-state index is -0.824. The van der Waals surface area contributed by atoms with E-state index in [0.29, 0.717) is 13.0 Å². The van der Waals surface area contributed by atoms with Crippen molar-refractivity contribution >= 4 is 17.8 Å². The van der Waals surface area contributed by atoms with Crippen LogP contribution in [-0.2, 0) is 14.4 Å². The Hall–Kier alpha value is -1.43. The molecule has 0 saturated carbocycles. The monoisotopic (exact) mass is 282 g/mol. The van der Waals surface area contributed by atoms with E-state index in [2.05, 4.69) is 0 Å². The maximum absolute atomic E-state index is 12.4. The summed E-state index contributed by atoms with van der Waals surface area (Å²) in [6, 6.07) is -0.768. The first-order valence-electron chi connectivity index (χ1n) is 7.22. The molecular formula is C14H22N2O4. The fourth-order valence-corrected chi connectivity index (χ4v) is 3.27. The zero-order chi connectivity index (χ0) is 15.0. The van der Waals surface area contributed by atoms with Gasteiger partial charge in [0.1, 0.15) is 0 Å². The Bertz CT molecular complexity index is 437. The lowest BCUT2D eigenvalue weighted by atomic mass is 10.0. The van der Waals surface area contributed by atoms with Gasteiger partial charge >= 0.3 is 5.97 Å². The summed E-state index contributed by atoms with van der Waals surface area (Å²) in [7, 11) is 0. The van der Waals surface area contributed by atoms with Gasteiger partial charge in [-0.05, 0) is 26.7 Å². The maximum Gasteiger partial charge on any atom is 0.308 e. The van der Waals surface area contributed by atoms with Crippen LogP contribution >= 0.6 is 0 Å².